The van der Waals surface area contributed by atoms with E-state index in [4.69, 9.17) is 10.5 Å². The predicted octanol–water partition coefficient (Wildman–Crippen LogP) is 2.04. The number of fused-ring (bicyclic) bond motifs is 1. The number of aromatic nitrogens is 4. The van der Waals surface area contributed by atoms with Crippen molar-refractivity contribution in [1.29, 1.82) is 0 Å². The highest BCUT2D eigenvalue weighted by molar-refractivity contribution is 6.14. The van der Waals surface area contributed by atoms with Crippen molar-refractivity contribution >= 4 is 22.8 Å². The maximum atomic E-state index is 9.52. The molecule has 0 aliphatic rings. The first kappa shape index (κ1) is 16.5. The zero-order chi connectivity index (χ0) is 18.6. The normalized spacial score (nSPS) is 11.6. The summed E-state index contributed by atoms with van der Waals surface area (Å²) in [6.07, 6.45) is 0. The van der Waals surface area contributed by atoms with Crippen molar-refractivity contribution in [3.8, 4) is 5.75 Å². The van der Waals surface area contributed by atoms with Gasteiger partial charge in [0.25, 0.3) is 0 Å². The van der Waals surface area contributed by atoms with Crippen LogP contribution in [0, 0.1) is 0 Å². The molecule has 2 aromatic carbocycles. The van der Waals surface area contributed by atoms with E-state index in [-0.39, 0.29) is 17.0 Å². The van der Waals surface area contributed by atoms with Gasteiger partial charge in [-0.3, -0.25) is 0 Å². The Morgan fingerprint density at radius 3 is 2.41 bits per heavy atom. The molecule has 9 nitrogen and oxygen atoms in total. The molecule has 0 fully saturated rings. The molecule has 4 N–H and O–H groups in total. The summed E-state index contributed by atoms with van der Waals surface area (Å²) < 4.78 is 4.72. The van der Waals surface area contributed by atoms with Crippen LogP contribution >= 0.6 is 0 Å². The summed E-state index contributed by atoms with van der Waals surface area (Å²) in [5, 5.41) is 24.1. The number of hydrazone groups is 1. The molecule has 0 radical (unpaired) electrons. The summed E-state index contributed by atoms with van der Waals surface area (Å²) in [4.78, 5) is 8.89. The zero-order valence-corrected chi connectivity index (χ0v) is 14.1. The van der Waals surface area contributed by atoms with E-state index in [1.54, 1.807) is 24.3 Å². The second-order valence-electron chi connectivity index (χ2n) is 5.70. The third kappa shape index (κ3) is 3.38. The topological polar surface area (TPSA) is 135 Å². The van der Waals surface area contributed by atoms with Crippen LogP contribution in [-0.2, 0) is 6.54 Å². The number of phenols is 1. The van der Waals surface area contributed by atoms with Crippen molar-refractivity contribution in [3.05, 3.63) is 71.4 Å². The van der Waals surface area contributed by atoms with E-state index in [2.05, 4.69) is 30.7 Å². The standard InChI is InChI=1S/C18H15N7O2/c19-23-14(12-6-8-13(26)9-7-12)15-16(20-10-11-4-2-1-3-5-11)22-18-17(21-15)24-27-25-18/h1-9,26H,10,19H2,(H,20,22,25)/b23-14+. The first-order chi connectivity index (χ1) is 13.2. The highest BCUT2D eigenvalue weighted by Crippen LogP contribution is 2.21. The van der Waals surface area contributed by atoms with E-state index in [0.717, 1.165) is 5.56 Å². The Kier molecular flexibility index (Phi) is 4.32. The van der Waals surface area contributed by atoms with Gasteiger partial charge in [-0.15, -0.1) is 0 Å². The van der Waals surface area contributed by atoms with Crippen LogP contribution in [-0.4, -0.2) is 31.1 Å². The molecule has 4 aromatic rings. The lowest BCUT2D eigenvalue weighted by molar-refractivity contribution is 0.314. The summed E-state index contributed by atoms with van der Waals surface area (Å²) in [5.41, 5.74) is 3.06. The molecule has 27 heavy (non-hydrogen) atoms. The molecule has 0 bridgehead atoms. The first-order valence-corrected chi connectivity index (χ1v) is 8.10. The molecule has 134 valence electrons. The molecule has 0 spiro atoms. The molecule has 4 rings (SSSR count). The number of benzene rings is 2. The van der Waals surface area contributed by atoms with Gasteiger partial charge in [0.1, 0.15) is 17.2 Å². The Hall–Kier alpha value is -4.01. The predicted molar refractivity (Wildman–Crippen MR) is 99.1 cm³/mol. The van der Waals surface area contributed by atoms with Crippen molar-refractivity contribution in [2.24, 2.45) is 10.9 Å². The molecule has 0 amide bonds. The van der Waals surface area contributed by atoms with Crippen LogP contribution in [0.25, 0.3) is 11.3 Å². The van der Waals surface area contributed by atoms with Crippen LogP contribution in [0.4, 0.5) is 5.82 Å². The van der Waals surface area contributed by atoms with Crippen molar-refractivity contribution in [2.75, 3.05) is 5.32 Å². The molecule has 0 unspecified atom stereocenters. The monoisotopic (exact) mass is 361 g/mol. The number of nitrogens with zero attached hydrogens (tertiary/aromatic N) is 5. The summed E-state index contributed by atoms with van der Waals surface area (Å²) in [6, 6.07) is 16.3. The molecule has 0 saturated carbocycles. The van der Waals surface area contributed by atoms with E-state index in [1.165, 1.54) is 0 Å². The second-order valence-corrected chi connectivity index (χ2v) is 5.70. The van der Waals surface area contributed by atoms with Crippen LogP contribution in [0.15, 0.2) is 64.3 Å². The summed E-state index contributed by atoms with van der Waals surface area (Å²) in [6.45, 7) is 0.521. The average molecular weight is 361 g/mol. The quantitative estimate of drug-likeness (QED) is 0.279. The van der Waals surface area contributed by atoms with E-state index in [0.29, 0.717) is 29.3 Å². The molecule has 0 atom stereocenters. The molecular formula is C18H15N7O2. The Balaban J connectivity index is 1.76. The molecule has 9 heteroatoms. The molecule has 0 saturated heterocycles. The van der Waals surface area contributed by atoms with E-state index < -0.39 is 0 Å². The Bertz CT molecular complexity index is 1090. The van der Waals surface area contributed by atoms with Crippen molar-refractivity contribution in [2.45, 2.75) is 6.54 Å². The molecule has 2 aromatic heterocycles. The smallest absolute Gasteiger partial charge is 0.245 e. The minimum atomic E-state index is 0.139. The first-order valence-electron chi connectivity index (χ1n) is 8.10. The van der Waals surface area contributed by atoms with Gasteiger partial charge >= 0.3 is 0 Å². The maximum absolute atomic E-state index is 9.52. The van der Waals surface area contributed by atoms with Gasteiger partial charge in [-0.2, -0.15) is 5.10 Å². The van der Waals surface area contributed by atoms with Crippen LogP contribution < -0.4 is 11.2 Å². The van der Waals surface area contributed by atoms with E-state index >= 15 is 0 Å². The number of hydrogen-bond acceptors (Lipinski definition) is 9. The number of anilines is 1. The second kappa shape index (κ2) is 7.08. The lowest BCUT2D eigenvalue weighted by atomic mass is 10.1. The van der Waals surface area contributed by atoms with Gasteiger partial charge in [0.05, 0.1) is 0 Å². The molecule has 0 aliphatic heterocycles. The van der Waals surface area contributed by atoms with Crippen LogP contribution in [0.5, 0.6) is 5.75 Å². The van der Waals surface area contributed by atoms with Crippen LogP contribution in [0.1, 0.15) is 16.8 Å². The van der Waals surface area contributed by atoms with Gasteiger partial charge in [-0.25, -0.2) is 14.6 Å². The molecular weight excluding hydrogens is 346 g/mol. The number of aromatic hydroxyl groups is 1. The highest BCUT2D eigenvalue weighted by Gasteiger charge is 2.19. The lowest BCUT2D eigenvalue weighted by Gasteiger charge is -2.12. The number of phenolic OH excluding ortho intramolecular Hbond substituents is 1. The van der Waals surface area contributed by atoms with Gasteiger partial charge < -0.3 is 16.3 Å². The fourth-order valence-corrected chi connectivity index (χ4v) is 2.60. The van der Waals surface area contributed by atoms with Gasteiger partial charge in [0.2, 0.25) is 11.3 Å². The largest absolute Gasteiger partial charge is 0.508 e. The summed E-state index contributed by atoms with van der Waals surface area (Å²) >= 11 is 0. The molecule has 2 heterocycles. The Morgan fingerprint density at radius 1 is 1.00 bits per heavy atom. The number of hydrogen-bond donors (Lipinski definition) is 3. The van der Waals surface area contributed by atoms with E-state index in [1.807, 2.05) is 30.3 Å². The van der Waals surface area contributed by atoms with Crippen molar-refractivity contribution < 1.29 is 9.74 Å². The lowest BCUT2D eigenvalue weighted by Crippen LogP contribution is -2.14. The average Bonchev–Trinajstić information content (AvgIpc) is 3.16. The molecule has 0 aliphatic carbocycles. The minimum absolute atomic E-state index is 0.139. The third-order valence-electron chi connectivity index (χ3n) is 3.91. The van der Waals surface area contributed by atoms with Crippen LogP contribution in [0.3, 0.4) is 0 Å². The fraction of sp³-hybridized carbons (Fsp3) is 0.0556. The van der Waals surface area contributed by atoms with Crippen molar-refractivity contribution in [1.82, 2.24) is 20.3 Å². The van der Waals surface area contributed by atoms with Crippen LogP contribution in [0.2, 0.25) is 0 Å². The number of nitrogens with two attached hydrogens (primary N) is 1. The third-order valence-corrected chi connectivity index (χ3v) is 3.91. The van der Waals surface area contributed by atoms with Crippen molar-refractivity contribution in [3.63, 3.8) is 0 Å². The summed E-state index contributed by atoms with van der Waals surface area (Å²) in [5.74, 6) is 6.22. The minimum Gasteiger partial charge on any atom is -0.508 e. The van der Waals surface area contributed by atoms with E-state index in [9.17, 15) is 5.11 Å². The zero-order valence-electron chi connectivity index (χ0n) is 14.1. The summed E-state index contributed by atoms with van der Waals surface area (Å²) in [7, 11) is 0. The van der Waals surface area contributed by atoms with Gasteiger partial charge in [-0.1, -0.05) is 30.3 Å². The number of nitrogens with one attached hydrogen (secondary N) is 1. The number of rotatable bonds is 5. The Morgan fingerprint density at radius 2 is 1.70 bits per heavy atom. The SMILES string of the molecule is N/N=C(\c1ccc(O)cc1)c1nc2nonc2nc1NCc1ccccc1. The highest BCUT2D eigenvalue weighted by atomic mass is 16.6. The Labute approximate surface area is 153 Å². The van der Waals surface area contributed by atoms with Gasteiger partial charge in [0, 0.05) is 12.1 Å². The fourth-order valence-electron chi connectivity index (χ4n) is 2.60. The van der Waals surface area contributed by atoms with Gasteiger partial charge in [-0.05, 0) is 40.1 Å². The van der Waals surface area contributed by atoms with Gasteiger partial charge in [0.15, 0.2) is 5.82 Å². The maximum Gasteiger partial charge on any atom is 0.245 e.